The molecule has 1 atom stereocenters. The summed E-state index contributed by atoms with van der Waals surface area (Å²) < 4.78 is 6.71. The van der Waals surface area contributed by atoms with Gasteiger partial charge in [0.2, 0.25) is 5.91 Å². The van der Waals surface area contributed by atoms with Gasteiger partial charge in [-0.05, 0) is 63.3 Å². The van der Waals surface area contributed by atoms with Gasteiger partial charge in [0, 0.05) is 13.1 Å². The zero-order chi connectivity index (χ0) is 25.4. The van der Waals surface area contributed by atoms with Crippen molar-refractivity contribution in [2.75, 3.05) is 13.2 Å². The summed E-state index contributed by atoms with van der Waals surface area (Å²) in [6.07, 6.45) is 2.31. The summed E-state index contributed by atoms with van der Waals surface area (Å²) in [7, 11) is 0. The molecular formula is C27H29BrCl2N2O3. The number of rotatable bonds is 11. The molecule has 3 aromatic carbocycles. The lowest BCUT2D eigenvalue weighted by atomic mass is 10.1. The molecule has 0 aliphatic carbocycles. The van der Waals surface area contributed by atoms with E-state index in [1.165, 1.54) is 0 Å². The first-order valence-corrected chi connectivity index (χ1v) is 13.2. The fourth-order valence-corrected chi connectivity index (χ4v) is 4.74. The number of carbonyl (C=O) groups is 2. The van der Waals surface area contributed by atoms with E-state index in [0.29, 0.717) is 28.8 Å². The van der Waals surface area contributed by atoms with Crippen LogP contribution in [-0.2, 0) is 16.1 Å². The van der Waals surface area contributed by atoms with E-state index in [-0.39, 0.29) is 25.0 Å². The van der Waals surface area contributed by atoms with Crippen LogP contribution in [0.25, 0.3) is 10.8 Å². The first kappa shape index (κ1) is 27.3. The molecule has 186 valence electrons. The molecule has 0 saturated heterocycles. The maximum atomic E-state index is 13.4. The molecule has 3 aromatic rings. The lowest BCUT2D eigenvalue weighted by Gasteiger charge is -2.30. The molecule has 0 bridgehead atoms. The molecule has 5 nitrogen and oxygen atoms in total. The topological polar surface area (TPSA) is 58.6 Å². The molecule has 2 amide bonds. The predicted octanol–water partition coefficient (Wildman–Crippen LogP) is 7.01. The Bertz CT molecular complexity index is 1190. The molecular weight excluding hydrogens is 551 g/mol. The Morgan fingerprint density at radius 3 is 2.54 bits per heavy atom. The summed E-state index contributed by atoms with van der Waals surface area (Å²) in [5, 5.41) is 5.84. The minimum absolute atomic E-state index is 0.179. The van der Waals surface area contributed by atoms with Crippen molar-refractivity contribution in [3.63, 3.8) is 0 Å². The van der Waals surface area contributed by atoms with Gasteiger partial charge in [-0.1, -0.05) is 79.9 Å². The minimum Gasteiger partial charge on any atom is -0.483 e. The Morgan fingerprint density at radius 1 is 1.06 bits per heavy atom. The lowest BCUT2D eigenvalue weighted by Crippen LogP contribution is -2.50. The molecule has 0 spiro atoms. The van der Waals surface area contributed by atoms with Crippen LogP contribution in [0.15, 0.2) is 59.1 Å². The van der Waals surface area contributed by atoms with Crippen LogP contribution < -0.4 is 10.1 Å². The average molecular weight is 580 g/mol. The summed E-state index contributed by atoms with van der Waals surface area (Å²) >= 11 is 15.9. The monoisotopic (exact) mass is 578 g/mol. The van der Waals surface area contributed by atoms with E-state index in [2.05, 4.69) is 28.2 Å². The van der Waals surface area contributed by atoms with Crippen molar-refractivity contribution < 1.29 is 14.3 Å². The van der Waals surface area contributed by atoms with Crippen molar-refractivity contribution in [2.24, 2.45) is 0 Å². The van der Waals surface area contributed by atoms with Crippen LogP contribution in [0, 0.1) is 0 Å². The van der Waals surface area contributed by atoms with Crippen LogP contribution in [0.5, 0.6) is 5.75 Å². The number of halogens is 3. The molecule has 0 aromatic heterocycles. The Morgan fingerprint density at radius 2 is 1.83 bits per heavy atom. The zero-order valence-corrected chi connectivity index (χ0v) is 22.9. The molecule has 0 saturated carbocycles. The van der Waals surface area contributed by atoms with E-state index in [0.717, 1.165) is 33.7 Å². The SMILES string of the molecule is CCCCNC(=O)[C@@H](CC)N(Cc1ccc(Cl)c(Cl)c1)C(=O)COc1ccc2ccccc2c1Br. The first-order chi connectivity index (χ1) is 16.8. The van der Waals surface area contributed by atoms with Gasteiger partial charge in [0.25, 0.3) is 5.91 Å². The number of ether oxygens (including phenoxy) is 1. The van der Waals surface area contributed by atoms with Crippen LogP contribution >= 0.6 is 39.1 Å². The standard InChI is InChI=1S/C27H29BrCl2N2O3/c1-3-5-14-31-27(34)23(4-2)32(16-18-10-12-21(29)22(30)15-18)25(33)17-35-24-13-11-19-8-6-7-9-20(19)26(24)28/h6-13,15,23H,3-5,14,16-17H2,1-2H3,(H,31,34)/t23-/m1/s1. The number of hydrogen-bond acceptors (Lipinski definition) is 3. The number of amides is 2. The van der Waals surface area contributed by atoms with E-state index in [1.807, 2.05) is 43.3 Å². The van der Waals surface area contributed by atoms with Crippen molar-refractivity contribution in [3.8, 4) is 5.75 Å². The van der Waals surface area contributed by atoms with Gasteiger partial charge in [0.1, 0.15) is 11.8 Å². The van der Waals surface area contributed by atoms with E-state index in [4.69, 9.17) is 27.9 Å². The second-order valence-corrected chi connectivity index (χ2v) is 9.83. The van der Waals surface area contributed by atoms with Gasteiger partial charge in [-0.2, -0.15) is 0 Å². The highest BCUT2D eigenvalue weighted by molar-refractivity contribution is 9.10. The molecule has 0 radical (unpaired) electrons. The number of benzene rings is 3. The van der Waals surface area contributed by atoms with Gasteiger partial charge in [-0.3, -0.25) is 9.59 Å². The molecule has 8 heteroatoms. The van der Waals surface area contributed by atoms with E-state index in [1.54, 1.807) is 23.1 Å². The van der Waals surface area contributed by atoms with Gasteiger partial charge in [0.15, 0.2) is 6.61 Å². The minimum atomic E-state index is -0.641. The molecule has 0 aliphatic rings. The van der Waals surface area contributed by atoms with E-state index in [9.17, 15) is 9.59 Å². The van der Waals surface area contributed by atoms with Crippen LogP contribution in [0.2, 0.25) is 10.0 Å². The van der Waals surface area contributed by atoms with Gasteiger partial charge in [-0.25, -0.2) is 0 Å². The molecule has 0 aliphatic heterocycles. The maximum Gasteiger partial charge on any atom is 0.261 e. The first-order valence-electron chi connectivity index (χ1n) is 11.7. The Labute approximate surface area is 224 Å². The molecule has 0 fully saturated rings. The number of carbonyl (C=O) groups excluding carboxylic acids is 2. The third-order valence-corrected chi connectivity index (χ3v) is 7.29. The third-order valence-electron chi connectivity index (χ3n) is 5.73. The van der Waals surface area contributed by atoms with Crippen LogP contribution in [0.3, 0.4) is 0 Å². The average Bonchev–Trinajstić information content (AvgIpc) is 2.85. The van der Waals surface area contributed by atoms with Crippen molar-refractivity contribution in [2.45, 2.75) is 45.7 Å². The third kappa shape index (κ3) is 7.12. The summed E-state index contributed by atoms with van der Waals surface area (Å²) in [4.78, 5) is 28.0. The Balaban J connectivity index is 1.82. The highest BCUT2D eigenvalue weighted by Gasteiger charge is 2.29. The maximum absolute atomic E-state index is 13.4. The number of fused-ring (bicyclic) bond motifs is 1. The predicted molar refractivity (Wildman–Crippen MR) is 146 cm³/mol. The highest BCUT2D eigenvalue weighted by atomic mass is 79.9. The van der Waals surface area contributed by atoms with E-state index < -0.39 is 6.04 Å². The molecule has 35 heavy (non-hydrogen) atoms. The van der Waals surface area contributed by atoms with Crippen LogP contribution in [0.1, 0.15) is 38.7 Å². The van der Waals surface area contributed by atoms with Gasteiger partial charge >= 0.3 is 0 Å². The Kier molecular flexibility index (Phi) is 10.3. The van der Waals surface area contributed by atoms with E-state index >= 15 is 0 Å². The lowest BCUT2D eigenvalue weighted by molar-refractivity contribution is -0.143. The van der Waals surface area contributed by atoms with Gasteiger partial charge in [0.05, 0.1) is 14.5 Å². The second-order valence-electron chi connectivity index (χ2n) is 8.23. The normalized spacial score (nSPS) is 11.8. The van der Waals surface area contributed by atoms with Crippen molar-refractivity contribution in [1.82, 2.24) is 10.2 Å². The zero-order valence-electron chi connectivity index (χ0n) is 19.8. The fourth-order valence-electron chi connectivity index (χ4n) is 3.81. The molecule has 0 unspecified atom stereocenters. The van der Waals surface area contributed by atoms with Crippen molar-refractivity contribution in [1.29, 1.82) is 0 Å². The van der Waals surface area contributed by atoms with Crippen molar-refractivity contribution >= 4 is 61.7 Å². The smallest absolute Gasteiger partial charge is 0.261 e. The Hall–Kier alpha value is -2.28. The highest BCUT2D eigenvalue weighted by Crippen LogP contribution is 2.33. The van der Waals surface area contributed by atoms with Gasteiger partial charge < -0.3 is 15.0 Å². The summed E-state index contributed by atoms with van der Waals surface area (Å²) in [6.45, 7) is 4.52. The number of nitrogens with one attached hydrogen (secondary N) is 1. The molecule has 1 N–H and O–H groups in total. The fraction of sp³-hybridized carbons (Fsp3) is 0.333. The number of hydrogen-bond donors (Lipinski definition) is 1. The largest absolute Gasteiger partial charge is 0.483 e. The van der Waals surface area contributed by atoms with Crippen LogP contribution in [0.4, 0.5) is 0 Å². The van der Waals surface area contributed by atoms with Crippen LogP contribution in [-0.4, -0.2) is 35.9 Å². The van der Waals surface area contributed by atoms with Gasteiger partial charge in [-0.15, -0.1) is 0 Å². The molecule has 3 rings (SSSR count). The van der Waals surface area contributed by atoms with Crippen molar-refractivity contribution in [3.05, 3.63) is 74.7 Å². The quantitative estimate of drug-likeness (QED) is 0.248. The number of unbranched alkanes of at least 4 members (excludes halogenated alkanes) is 1. The number of nitrogens with zero attached hydrogens (tertiary/aromatic N) is 1. The summed E-state index contributed by atoms with van der Waals surface area (Å²) in [5.74, 6) is 0.0850. The summed E-state index contributed by atoms with van der Waals surface area (Å²) in [5.41, 5.74) is 0.777. The summed E-state index contributed by atoms with van der Waals surface area (Å²) in [6, 6.07) is 16.3. The molecule has 0 heterocycles. The second kappa shape index (κ2) is 13.1.